The number of aromatic hydroxyl groups is 1. The van der Waals surface area contributed by atoms with Crippen molar-refractivity contribution in [3.8, 4) is 5.75 Å². The van der Waals surface area contributed by atoms with Crippen LogP contribution in [0, 0.1) is 0 Å². The van der Waals surface area contributed by atoms with Gasteiger partial charge in [0, 0.05) is 23.4 Å². The quantitative estimate of drug-likeness (QED) is 0.875. The van der Waals surface area contributed by atoms with Crippen molar-refractivity contribution in [2.45, 2.75) is 26.1 Å². The van der Waals surface area contributed by atoms with E-state index in [-0.39, 0.29) is 0 Å². The largest absolute Gasteiger partial charge is 0.507 e. The van der Waals surface area contributed by atoms with Gasteiger partial charge in [-0.1, -0.05) is 13.0 Å². The topological polar surface area (TPSA) is 25.2 Å². The molecule has 0 atom stereocenters. The van der Waals surface area contributed by atoms with Crippen LogP contribution in [0.15, 0.2) is 24.3 Å². The van der Waals surface area contributed by atoms with Crippen LogP contribution in [0.5, 0.6) is 5.75 Å². The van der Waals surface area contributed by atoms with Crippen LogP contribution in [0.25, 0.3) is 10.9 Å². The summed E-state index contributed by atoms with van der Waals surface area (Å²) in [4.78, 5) is 0. The Hall–Kier alpha value is -1.09. The van der Waals surface area contributed by atoms with Crippen LogP contribution in [-0.4, -0.2) is 15.4 Å². The second-order valence-corrected chi connectivity index (χ2v) is 5.00. The summed E-state index contributed by atoms with van der Waals surface area (Å²) in [6, 6.07) is 7.83. The molecule has 0 radical (unpaired) electrons. The summed E-state index contributed by atoms with van der Waals surface area (Å²) in [7, 11) is 0. The van der Waals surface area contributed by atoms with Gasteiger partial charge >= 0.3 is 0 Å². The molecule has 0 unspecified atom stereocenters. The molecule has 1 aromatic carbocycles. The number of phenols is 1. The van der Waals surface area contributed by atoms with Crippen LogP contribution in [0.3, 0.4) is 0 Å². The van der Waals surface area contributed by atoms with E-state index in [4.69, 9.17) is 0 Å². The van der Waals surface area contributed by atoms with Crippen LogP contribution < -0.4 is 0 Å². The number of phenolic OH excluding ortho intramolecular Hbond substituents is 1. The Kier molecular flexibility index (Phi) is 3.44. The average Bonchev–Trinajstić information content (AvgIpc) is 2.65. The second kappa shape index (κ2) is 4.83. The van der Waals surface area contributed by atoms with Gasteiger partial charge in [0.2, 0.25) is 0 Å². The van der Waals surface area contributed by atoms with E-state index in [0.29, 0.717) is 5.75 Å². The molecule has 0 aliphatic carbocycles. The highest BCUT2D eigenvalue weighted by Crippen LogP contribution is 2.29. The molecule has 1 heterocycles. The van der Waals surface area contributed by atoms with Crippen molar-refractivity contribution in [2.24, 2.45) is 0 Å². The van der Waals surface area contributed by atoms with E-state index in [9.17, 15) is 5.11 Å². The Labute approximate surface area is 100 Å². The predicted molar refractivity (Wildman–Crippen MR) is 71.1 cm³/mol. The van der Waals surface area contributed by atoms with Crippen molar-refractivity contribution in [1.29, 1.82) is 0 Å². The number of aryl methyl sites for hydroxylation is 1. The molecular formula is C13H17NOS. The van der Waals surface area contributed by atoms with Crippen LogP contribution in [0.4, 0.5) is 0 Å². The molecule has 0 aliphatic rings. The Morgan fingerprint density at radius 2 is 2.12 bits per heavy atom. The highest BCUT2D eigenvalue weighted by atomic mass is 32.2. The van der Waals surface area contributed by atoms with E-state index in [2.05, 4.69) is 30.5 Å². The Morgan fingerprint density at radius 1 is 1.31 bits per heavy atom. The molecule has 0 spiro atoms. The van der Waals surface area contributed by atoms with Crippen molar-refractivity contribution < 1.29 is 5.11 Å². The van der Waals surface area contributed by atoms with Gasteiger partial charge in [-0.15, -0.1) is 0 Å². The van der Waals surface area contributed by atoms with E-state index in [1.165, 1.54) is 5.69 Å². The molecule has 3 heteroatoms. The predicted octanol–water partition coefficient (Wildman–Crippen LogP) is 3.62. The van der Waals surface area contributed by atoms with E-state index in [1.54, 1.807) is 6.07 Å². The van der Waals surface area contributed by atoms with Gasteiger partial charge in [-0.05, 0) is 30.9 Å². The number of thioether (sulfide) groups is 1. The number of fused-ring (bicyclic) bond motifs is 1. The first-order chi connectivity index (χ1) is 7.77. The van der Waals surface area contributed by atoms with Crippen LogP contribution in [0.2, 0.25) is 0 Å². The number of rotatable bonds is 4. The molecule has 1 N–H and O–H groups in total. The molecule has 0 fully saturated rings. The number of hydrogen-bond donors (Lipinski definition) is 1. The van der Waals surface area contributed by atoms with Gasteiger partial charge in [0.25, 0.3) is 0 Å². The molecular weight excluding hydrogens is 218 g/mol. The van der Waals surface area contributed by atoms with Crippen LogP contribution in [-0.2, 0) is 12.3 Å². The normalized spacial score (nSPS) is 11.1. The second-order valence-electron chi connectivity index (χ2n) is 3.73. The fraction of sp³-hybridized carbons (Fsp3) is 0.385. The van der Waals surface area contributed by atoms with Crippen LogP contribution >= 0.6 is 11.8 Å². The highest BCUT2D eigenvalue weighted by Gasteiger charge is 2.09. The standard InChI is InChI=1S/C13H17NOS/c1-3-14-10(9-16-4-2)8-11-12(14)6-5-7-13(11)15/h5-8,15H,3-4,9H2,1-2H3. The maximum absolute atomic E-state index is 9.81. The van der Waals surface area contributed by atoms with Gasteiger partial charge in [-0.3, -0.25) is 0 Å². The molecule has 0 saturated heterocycles. The average molecular weight is 235 g/mol. The summed E-state index contributed by atoms with van der Waals surface area (Å²) in [6.07, 6.45) is 0. The van der Waals surface area contributed by atoms with Crippen molar-refractivity contribution in [1.82, 2.24) is 4.57 Å². The van der Waals surface area contributed by atoms with E-state index < -0.39 is 0 Å². The first kappa shape index (κ1) is 11.4. The zero-order valence-electron chi connectivity index (χ0n) is 9.73. The highest BCUT2D eigenvalue weighted by molar-refractivity contribution is 7.98. The fourth-order valence-electron chi connectivity index (χ4n) is 2.02. The van der Waals surface area contributed by atoms with Gasteiger partial charge in [-0.2, -0.15) is 11.8 Å². The minimum Gasteiger partial charge on any atom is -0.507 e. The van der Waals surface area contributed by atoms with Gasteiger partial charge < -0.3 is 9.67 Å². The lowest BCUT2D eigenvalue weighted by atomic mass is 10.2. The third-order valence-corrected chi connectivity index (χ3v) is 3.69. The molecule has 86 valence electrons. The number of hydrogen-bond acceptors (Lipinski definition) is 2. The summed E-state index contributed by atoms with van der Waals surface area (Å²) in [6.45, 7) is 5.26. The SMILES string of the molecule is CCSCc1cc2c(O)cccc2n1CC. The monoisotopic (exact) mass is 235 g/mol. The van der Waals surface area contributed by atoms with E-state index >= 15 is 0 Å². The summed E-state index contributed by atoms with van der Waals surface area (Å²) in [5.41, 5.74) is 2.43. The number of benzene rings is 1. The summed E-state index contributed by atoms with van der Waals surface area (Å²) < 4.78 is 2.28. The molecule has 2 rings (SSSR count). The number of aromatic nitrogens is 1. The zero-order chi connectivity index (χ0) is 11.5. The molecule has 1 aromatic heterocycles. The minimum absolute atomic E-state index is 0.382. The minimum atomic E-state index is 0.382. The smallest absolute Gasteiger partial charge is 0.124 e. The molecule has 0 bridgehead atoms. The lowest BCUT2D eigenvalue weighted by Gasteiger charge is -2.06. The first-order valence-corrected chi connectivity index (χ1v) is 6.81. The van der Waals surface area contributed by atoms with E-state index in [0.717, 1.165) is 29.0 Å². The molecule has 16 heavy (non-hydrogen) atoms. The third-order valence-electron chi connectivity index (χ3n) is 2.78. The van der Waals surface area contributed by atoms with Crippen LogP contribution in [0.1, 0.15) is 19.5 Å². The summed E-state index contributed by atoms with van der Waals surface area (Å²) in [5, 5.41) is 10.8. The van der Waals surface area contributed by atoms with Crippen molar-refractivity contribution in [2.75, 3.05) is 5.75 Å². The van der Waals surface area contributed by atoms with E-state index in [1.807, 2.05) is 17.8 Å². The van der Waals surface area contributed by atoms with Gasteiger partial charge in [0.1, 0.15) is 5.75 Å². The molecule has 0 aliphatic heterocycles. The zero-order valence-corrected chi connectivity index (χ0v) is 10.5. The fourth-order valence-corrected chi connectivity index (χ4v) is 2.68. The summed E-state index contributed by atoms with van der Waals surface area (Å²) >= 11 is 1.91. The maximum atomic E-state index is 9.81. The van der Waals surface area contributed by atoms with Gasteiger partial charge in [0.15, 0.2) is 0 Å². The first-order valence-electron chi connectivity index (χ1n) is 5.65. The Morgan fingerprint density at radius 3 is 2.81 bits per heavy atom. The lowest BCUT2D eigenvalue weighted by Crippen LogP contribution is -1.98. The Bertz CT molecular complexity index is 490. The lowest BCUT2D eigenvalue weighted by molar-refractivity contribution is 0.481. The molecule has 0 amide bonds. The number of nitrogens with zero attached hydrogens (tertiary/aromatic N) is 1. The third kappa shape index (κ3) is 1.92. The summed E-state index contributed by atoms with van der Waals surface area (Å²) in [5.74, 6) is 2.52. The van der Waals surface area contributed by atoms with Gasteiger partial charge in [-0.25, -0.2) is 0 Å². The van der Waals surface area contributed by atoms with Gasteiger partial charge in [0.05, 0.1) is 5.52 Å². The molecule has 2 aromatic rings. The Balaban J connectivity index is 2.52. The maximum Gasteiger partial charge on any atom is 0.124 e. The van der Waals surface area contributed by atoms with Crippen molar-refractivity contribution in [3.05, 3.63) is 30.0 Å². The molecule has 0 saturated carbocycles. The van der Waals surface area contributed by atoms with Crippen molar-refractivity contribution >= 4 is 22.7 Å². The van der Waals surface area contributed by atoms with Crippen molar-refractivity contribution in [3.63, 3.8) is 0 Å². The molecule has 2 nitrogen and oxygen atoms in total.